The summed E-state index contributed by atoms with van der Waals surface area (Å²) in [5.41, 5.74) is 3.62. The van der Waals surface area contributed by atoms with Crippen LogP contribution in [0.15, 0.2) is 22.7 Å². The predicted molar refractivity (Wildman–Crippen MR) is 84.7 cm³/mol. The molecule has 1 aromatic rings. The van der Waals surface area contributed by atoms with Gasteiger partial charge in [0.1, 0.15) is 5.82 Å². The zero-order valence-corrected chi connectivity index (χ0v) is 13.5. The standard InChI is InChI=1S/C16H24BrFN2/c17-14-8-7-13(16(18)11-14)10-15(20-19)9-12-5-3-1-2-4-6-12/h7-8,11-12,15,20H,1-6,9-10,19H2. The molecule has 0 heterocycles. The van der Waals surface area contributed by atoms with Crippen LogP contribution in [0.2, 0.25) is 0 Å². The molecule has 1 saturated carbocycles. The summed E-state index contributed by atoms with van der Waals surface area (Å²) in [6, 6.07) is 5.41. The maximum Gasteiger partial charge on any atom is 0.127 e. The zero-order chi connectivity index (χ0) is 14.4. The Morgan fingerprint density at radius 3 is 2.55 bits per heavy atom. The van der Waals surface area contributed by atoms with Crippen molar-refractivity contribution in [1.29, 1.82) is 0 Å². The minimum absolute atomic E-state index is 0.152. The molecule has 112 valence electrons. The van der Waals surface area contributed by atoms with Crippen molar-refractivity contribution in [3.63, 3.8) is 0 Å². The number of rotatable bonds is 5. The normalized spacial score (nSPS) is 18.8. The Morgan fingerprint density at radius 2 is 1.95 bits per heavy atom. The Kier molecular flexibility index (Phi) is 6.46. The van der Waals surface area contributed by atoms with Gasteiger partial charge in [0, 0.05) is 10.5 Å². The molecule has 2 rings (SSSR count). The summed E-state index contributed by atoms with van der Waals surface area (Å²) in [5, 5.41) is 0. The van der Waals surface area contributed by atoms with Crippen LogP contribution in [0.1, 0.15) is 50.5 Å². The molecule has 0 saturated heterocycles. The van der Waals surface area contributed by atoms with Crippen molar-refractivity contribution in [3.05, 3.63) is 34.1 Å². The molecule has 0 bridgehead atoms. The van der Waals surface area contributed by atoms with Crippen molar-refractivity contribution in [2.45, 2.75) is 57.4 Å². The molecule has 3 N–H and O–H groups in total. The molecule has 0 aliphatic heterocycles. The van der Waals surface area contributed by atoms with Crippen LogP contribution in [0.25, 0.3) is 0 Å². The first-order valence-corrected chi connectivity index (χ1v) is 8.38. The highest BCUT2D eigenvalue weighted by Crippen LogP contribution is 2.27. The first-order chi connectivity index (χ1) is 9.69. The third-order valence-electron chi connectivity index (χ3n) is 4.31. The van der Waals surface area contributed by atoms with Crippen molar-refractivity contribution < 1.29 is 4.39 Å². The van der Waals surface area contributed by atoms with Crippen LogP contribution in [-0.2, 0) is 6.42 Å². The van der Waals surface area contributed by atoms with E-state index in [0.717, 1.165) is 22.4 Å². The molecule has 0 spiro atoms. The van der Waals surface area contributed by atoms with Gasteiger partial charge < -0.3 is 0 Å². The average Bonchev–Trinajstić information content (AvgIpc) is 2.69. The fraction of sp³-hybridized carbons (Fsp3) is 0.625. The smallest absolute Gasteiger partial charge is 0.127 e. The average molecular weight is 343 g/mol. The number of nitrogens with two attached hydrogens (primary N) is 1. The lowest BCUT2D eigenvalue weighted by atomic mass is 9.90. The number of hydrogen-bond donors (Lipinski definition) is 2. The lowest BCUT2D eigenvalue weighted by molar-refractivity contribution is 0.350. The highest BCUT2D eigenvalue weighted by atomic mass is 79.9. The highest BCUT2D eigenvalue weighted by Gasteiger charge is 2.18. The molecule has 4 heteroatoms. The summed E-state index contributed by atoms with van der Waals surface area (Å²) in [6.45, 7) is 0. The van der Waals surface area contributed by atoms with Crippen LogP contribution >= 0.6 is 15.9 Å². The van der Waals surface area contributed by atoms with E-state index in [1.807, 2.05) is 12.1 Å². The van der Waals surface area contributed by atoms with Crippen molar-refractivity contribution in [2.24, 2.45) is 11.8 Å². The first kappa shape index (κ1) is 15.9. The van der Waals surface area contributed by atoms with Crippen molar-refractivity contribution in [1.82, 2.24) is 5.43 Å². The summed E-state index contributed by atoms with van der Waals surface area (Å²) in [5.74, 6) is 6.26. The number of benzene rings is 1. The second-order valence-corrected chi connectivity index (χ2v) is 6.81. The Bertz CT molecular complexity index is 417. The Labute approximate surface area is 129 Å². The van der Waals surface area contributed by atoms with E-state index in [9.17, 15) is 4.39 Å². The van der Waals surface area contributed by atoms with E-state index in [-0.39, 0.29) is 11.9 Å². The third-order valence-corrected chi connectivity index (χ3v) is 4.80. The van der Waals surface area contributed by atoms with Gasteiger partial charge in [0.05, 0.1) is 0 Å². The molecule has 1 aliphatic rings. The fourth-order valence-corrected chi connectivity index (χ4v) is 3.50. The fourth-order valence-electron chi connectivity index (χ4n) is 3.16. The molecule has 1 atom stereocenters. The second-order valence-electron chi connectivity index (χ2n) is 5.90. The SMILES string of the molecule is NNC(Cc1ccc(Br)cc1F)CC1CCCCCC1. The van der Waals surface area contributed by atoms with Crippen LogP contribution in [0, 0.1) is 11.7 Å². The summed E-state index contributed by atoms with van der Waals surface area (Å²) >= 11 is 3.29. The highest BCUT2D eigenvalue weighted by molar-refractivity contribution is 9.10. The minimum atomic E-state index is -0.152. The summed E-state index contributed by atoms with van der Waals surface area (Å²) in [6.07, 6.45) is 9.67. The van der Waals surface area contributed by atoms with Crippen LogP contribution in [0.3, 0.4) is 0 Å². The predicted octanol–water partition coefficient (Wildman–Crippen LogP) is 4.32. The van der Waals surface area contributed by atoms with E-state index >= 15 is 0 Å². The van der Waals surface area contributed by atoms with Gasteiger partial charge in [-0.25, -0.2) is 4.39 Å². The van der Waals surface area contributed by atoms with Crippen molar-refractivity contribution in [3.8, 4) is 0 Å². The van der Waals surface area contributed by atoms with Gasteiger partial charge in [-0.3, -0.25) is 11.3 Å². The molecule has 0 aromatic heterocycles. The van der Waals surface area contributed by atoms with Crippen LogP contribution in [0.4, 0.5) is 4.39 Å². The molecule has 1 aliphatic carbocycles. The van der Waals surface area contributed by atoms with Crippen LogP contribution < -0.4 is 11.3 Å². The molecule has 2 nitrogen and oxygen atoms in total. The minimum Gasteiger partial charge on any atom is -0.271 e. The van der Waals surface area contributed by atoms with Gasteiger partial charge in [-0.2, -0.15) is 0 Å². The molecule has 0 radical (unpaired) electrons. The van der Waals surface area contributed by atoms with Gasteiger partial charge in [0.15, 0.2) is 0 Å². The molecule has 0 amide bonds. The van der Waals surface area contributed by atoms with E-state index in [1.54, 1.807) is 0 Å². The molecule has 1 fully saturated rings. The van der Waals surface area contributed by atoms with E-state index < -0.39 is 0 Å². The van der Waals surface area contributed by atoms with E-state index in [4.69, 9.17) is 5.84 Å². The van der Waals surface area contributed by atoms with E-state index in [0.29, 0.717) is 6.42 Å². The van der Waals surface area contributed by atoms with Gasteiger partial charge in [-0.1, -0.05) is 60.5 Å². The lowest BCUT2D eigenvalue weighted by Gasteiger charge is -2.22. The first-order valence-electron chi connectivity index (χ1n) is 7.59. The maximum atomic E-state index is 13.9. The monoisotopic (exact) mass is 342 g/mol. The van der Waals surface area contributed by atoms with Crippen molar-refractivity contribution >= 4 is 15.9 Å². The van der Waals surface area contributed by atoms with Crippen molar-refractivity contribution in [2.75, 3.05) is 0 Å². The topological polar surface area (TPSA) is 38.0 Å². The van der Waals surface area contributed by atoms with Crippen LogP contribution in [-0.4, -0.2) is 6.04 Å². The van der Waals surface area contributed by atoms with Gasteiger partial charge >= 0.3 is 0 Å². The quantitative estimate of drug-likeness (QED) is 0.475. The number of nitrogens with one attached hydrogen (secondary N) is 1. The maximum absolute atomic E-state index is 13.9. The Hall–Kier alpha value is -0.450. The molecule has 1 unspecified atom stereocenters. The molecule has 20 heavy (non-hydrogen) atoms. The number of hydrogen-bond acceptors (Lipinski definition) is 2. The summed E-state index contributed by atoms with van der Waals surface area (Å²) in [4.78, 5) is 0. The van der Waals surface area contributed by atoms with E-state index in [2.05, 4.69) is 21.4 Å². The van der Waals surface area contributed by atoms with Gasteiger partial charge in [0.2, 0.25) is 0 Å². The molecule has 1 aromatic carbocycles. The summed E-state index contributed by atoms with van der Waals surface area (Å²) < 4.78 is 14.7. The molecular formula is C16H24BrFN2. The summed E-state index contributed by atoms with van der Waals surface area (Å²) in [7, 11) is 0. The largest absolute Gasteiger partial charge is 0.271 e. The number of hydrazine groups is 1. The second kappa shape index (κ2) is 8.11. The van der Waals surface area contributed by atoms with E-state index in [1.165, 1.54) is 44.6 Å². The Balaban J connectivity index is 1.93. The number of halogens is 2. The van der Waals surface area contributed by atoms with Gasteiger partial charge in [0.25, 0.3) is 0 Å². The van der Waals surface area contributed by atoms with Gasteiger partial charge in [-0.15, -0.1) is 0 Å². The lowest BCUT2D eigenvalue weighted by Crippen LogP contribution is -2.38. The third kappa shape index (κ3) is 4.83. The zero-order valence-electron chi connectivity index (χ0n) is 11.9. The Morgan fingerprint density at radius 1 is 1.25 bits per heavy atom. The van der Waals surface area contributed by atoms with Crippen LogP contribution in [0.5, 0.6) is 0 Å². The van der Waals surface area contributed by atoms with Gasteiger partial charge in [-0.05, 0) is 36.5 Å². The molecular weight excluding hydrogens is 319 g/mol.